The molecule has 2 heterocycles. The van der Waals surface area contributed by atoms with Crippen LogP contribution < -0.4 is 15.8 Å². The van der Waals surface area contributed by atoms with Gasteiger partial charge in [0, 0.05) is 30.9 Å². The van der Waals surface area contributed by atoms with Gasteiger partial charge in [-0.05, 0) is 30.7 Å². The maximum Gasteiger partial charge on any atom is 0.291 e. The van der Waals surface area contributed by atoms with Crippen LogP contribution in [0.25, 0.3) is 0 Å². The van der Waals surface area contributed by atoms with Crippen LogP contribution >= 0.6 is 12.4 Å². The van der Waals surface area contributed by atoms with Gasteiger partial charge in [-0.1, -0.05) is 6.07 Å². The highest BCUT2D eigenvalue weighted by Gasteiger charge is 2.23. The van der Waals surface area contributed by atoms with Gasteiger partial charge in [-0.3, -0.25) is 9.59 Å². The SMILES string of the molecule is Cl.N[C@@H]1CCN(C(=O)COc2cccc(NC(=O)c3ccco3)c2)C1. The number of nitrogens with two attached hydrogens (primary N) is 1. The van der Waals surface area contributed by atoms with Gasteiger partial charge in [0.2, 0.25) is 0 Å². The number of benzene rings is 1. The monoisotopic (exact) mass is 365 g/mol. The van der Waals surface area contributed by atoms with Gasteiger partial charge in [0.05, 0.1) is 6.26 Å². The zero-order chi connectivity index (χ0) is 16.9. The number of likely N-dealkylation sites (tertiary alicyclic amines) is 1. The zero-order valence-corrected chi connectivity index (χ0v) is 14.3. The van der Waals surface area contributed by atoms with E-state index < -0.39 is 0 Å². The number of nitrogens with zero attached hydrogens (tertiary/aromatic N) is 1. The third kappa shape index (κ3) is 4.98. The summed E-state index contributed by atoms with van der Waals surface area (Å²) in [6.07, 6.45) is 2.25. The lowest BCUT2D eigenvalue weighted by atomic mass is 10.3. The molecule has 1 aliphatic rings. The Bertz CT molecular complexity index is 720. The molecule has 1 aromatic heterocycles. The molecule has 0 aliphatic carbocycles. The zero-order valence-electron chi connectivity index (χ0n) is 13.5. The van der Waals surface area contributed by atoms with Gasteiger partial charge in [0.1, 0.15) is 5.75 Å². The Kier molecular flexibility index (Phi) is 6.44. The van der Waals surface area contributed by atoms with E-state index in [2.05, 4.69) is 5.32 Å². The number of anilines is 1. The van der Waals surface area contributed by atoms with Gasteiger partial charge < -0.3 is 25.1 Å². The first-order valence-corrected chi connectivity index (χ1v) is 7.73. The van der Waals surface area contributed by atoms with Crippen molar-refractivity contribution in [2.45, 2.75) is 12.5 Å². The van der Waals surface area contributed by atoms with E-state index in [0.29, 0.717) is 24.5 Å². The van der Waals surface area contributed by atoms with Crippen molar-refractivity contribution in [1.82, 2.24) is 4.90 Å². The second-order valence-electron chi connectivity index (χ2n) is 5.64. The van der Waals surface area contributed by atoms with Crippen molar-refractivity contribution in [1.29, 1.82) is 0 Å². The van der Waals surface area contributed by atoms with Gasteiger partial charge in [0.25, 0.3) is 11.8 Å². The molecule has 25 heavy (non-hydrogen) atoms. The fourth-order valence-electron chi connectivity index (χ4n) is 2.51. The minimum atomic E-state index is -0.348. The number of ether oxygens (including phenoxy) is 1. The van der Waals surface area contributed by atoms with Crippen molar-refractivity contribution in [2.24, 2.45) is 5.73 Å². The molecule has 3 N–H and O–H groups in total. The van der Waals surface area contributed by atoms with Crippen molar-refractivity contribution < 1.29 is 18.7 Å². The molecule has 134 valence electrons. The Labute approximate surface area is 151 Å². The molecule has 7 nitrogen and oxygen atoms in total. The molecule has 8 heteroatoms. The molecule has 0 spiro atoms. The van der Waals surface area contributed by atoms with Gasteiger partial charge in [0.15, 0.2) is 12.4 Å². The van der Waals surface area contributed by atoms with Gasteiger partial charge in [-0.25, -0.2) is 0 Å². The van der Waals surface area contributed by atoms with Crippen LogP contribution in [0.3, 0.4) is 0 Å². The normalized spacial score (nSPS) is 16.2. The quantitative estimate of drug-likeness (QED) is 0.843. The van der Waals surface area contributed by atoms with Crippen LogP contribution in [-0.4, -0.2) is 42.5 Å². The maximum atomic E-state index is 12.0. The summed E-state index contributed by atoms with van der Waals surface area (Å²) in [5.41, 5.74) is 6.35. The number of hydrogen-bond acceptors (Lipinski definition) is 5. The lowest BCUT2D eigenvalue weighted by Crippen LogP contribution is -2.35. The summed E-state index contributed by atoms with van der Waals surface area (Å²) in [5.74, 6) is 0.290. The number of carbonyl (C=O) groups is 2. The Hall–Kier alpha value is -2.51. The molecule has 2 amide bonds. The van der Waals surface area contributed by atoms with Crippen molar-refractivity contribution in [2.75, 3.05) is 25.0 Å². The van der Waals surface area contributed by atoms with Crippen LogP contribution in [0.5, 0.6) is 5.75 Å². The number of furan rings is 1. The van der Waals surface area contributed by atoms with Crippen molar-refractivity contribution in [3.8, 4) is 5.75 Å². The molecule has 2 aromatic rings. The third-order valence-corrected chi connectivity index (χ3v) is 3.78. The van der Waals surface area contributed by atoms with E-state index in [1.165, 1.54) is 6.26 Å². The van der Waals surface area contributed by atoms with E-state index in [0.717, 1.165) is 6.42 Å². The smallest absolute Gasteiger partial charge is 0.291 e. The average Bonchev–Trinajstić information content (AvgIpc) is 3.24. The molecule has 3 rings (SSSR count). The highest BCUT2D eigenvalue weighted by molar-refractivity contribution is 6.02. The highest BCUT2D eigenvalue weighted by Crippen LogP contribution is 2.18. The molecule has 1 saturated heterocycles. The van der Waals surface area contributed by atoms with Crippen LogP contribution in [0.1, 0.15) is 17.0 Å². The summed E-state index contributed by atoms with van der Waals surface area (Å²) in [4.78, 5) is 25.7. The topological polar surface area (TPSA) is 97.8 Å². The minimum absolute atomic E-state index is 0. The number of halogens is 1. The van der Waals surface area contributed by atoms with E-state index in [1.807, 2.05) is 0 Å². The van der Waals surface area contributed by atoms with E-state index in [9.17, 15) is 9.59 Å². The van der Waals surface area contributed by atoms with Crippen LogP contribution in [-0.2, 0) is 4.79 Å². The van der Waals surface area contributed by atoms with E-state index in [4.69, 9.17) is 14.9 Å². The molecule has 1 aromatic carbocycles. The molecule has 0 radical (unpaired) electrons. The van der Waals surface area contributed by atoms with E-state index in [-0.39, 0.29) is 42.6 Å². The van der Waals surface area contributed by atoms with Crippen molar-refractivity contribution in [3.63, 3.8) is 0 Å². The number of carbonyl (C=O) groups excluding carboxylic acids is 2. The summed E-state index contributed by atoms with van der Waals surface area (Å²) in [5, 5.41) is 2.71. The van der Waals surface area contributed by atoms with Crippen LogP contribution in [0.15, 0.2) is 47.1 Å². The first-order valence-electron chi connectivity index (χ1n) is 7.73. The summed E-state index contributed by atoms with van der Waals surface area (Å²) < 4.78 is 10.6. The second-order valence-corrected chi connectivity index (χ2v) is 5.64. The summed E-state index contributed by atoms with van der Waals surface area (Å²) in [6.45, 7) is 1.19. The summed E-state index contributed by atoms with van der Waals surface area (Å²) >= 11 is 0. The molecule has 0 bridgehead atoms. The fraction of sp³-hybridized carbons (Fsp3) is 0.294. The Balaban J connectivity index is 0.00000225. The van der Waals surface area contributed by atoms with Gasteiger partial charge in [-0.15, -0.1) is 12.4 Å². The predicted octanol–water partition coefficient (Wildman–Crippen LogP) is 1.89. The minimum Gasteiger partial charge on any atom is -0.484 e. The Morgan fingerprint density at radius 2 is 2.16 bits per heavy atom. The Morgan fingerprint density at radius 1 is 1.32 bits per heavy atom. The first kappa shape index (κ1) is 18.8. The van der Waals surface area contributed by atoms with Crippen molar-refractivity contribution >= 4 is 29.9 Å². The van der Waals surface area contributed by atoms with Crippen LogP contribution in [0.4, 0.5) is 5.69 Å². The number of amides is 2. The molecule has 0 unspecified atom stereocenters. The average molecular weight is 366 g/mol. The largest absolute Gasteiger partial charge is 0.484 e. The lowest BCUT2D eigenvalue weighted by molar-refractivity contribution is -0.132. The van der Waals surface area contributed by atoms with Crippen LogP contribution in [0.2, 0.25) is 0 Å². The van der Waals surface area contributed by atoms with Crippen LogP contribution in [0, 0.1) is 0 Å². The third-order valence-electron chi connectivity index (χ3n) is 3.78. The number of hydrogen-bond donors (Lipinski definition) is 2. The van der Waals surface area contributed by atoms with E-state index >= 15 is 0 Å². The highest BCUT2D eigenvalue weighted by atomic mass is 35.5. The molecule has 1 fully saturated rings. The summed E-state index contributed by atoms with van der Waals surface area (Å²) in [7, 11) is 0. The molecule has 1 aliphatic heterocycles. The maximum absolute atomic E-state index is 12.0. The molecular weight excluding hydrogens is 346 g/mol. The van der Waals surface area contributed by atoms with E-state index in [1.54, 1.807) is 41.3 Å². The molecule has 0 saturated carbocycles. The van der Waals surface area contributed by atoms with Crippen molar-refractivity contribution in [3.05, 3.63) is 48.4 Å². The standard InChI is InChI=1S/C17H19N3O4.ClH/c18-12-6-7-20(10-12)16(21)11-24-14-4-1-3-13(9-14)19-17(22)15-5-2-8-23-15;/h1-5,8-9,12H,6-7,10-11,18H2,(H,19,22);1H/t12-;/m1./s1. The molecule has 1 atom stereocenters. The second kappa shape index (κ2) is 8.55. The summed E-state index contributed by atoms with van der Waals surface area (Å²) in [6, 6.07) is 10.1. The lowest BCUT2D eigenvalue weighted by Gasteiger charge is -2.16. The number of rotatable bonds is 5. The fourth-order valence-corrected chi connectivity index (χ4v) is 2.51. The van der Waals surface area contributed by atoms with Gasteiger partial charge in [-0.2, -0.15) is 0 Å². The van der Waals surface area contributed by atoms with Gasteiger partial charge >= 0.3 is 0 Å². The Morgan fingerprint density at radius 3 is 2.84 bits per heavy atom. The number of nitrogens with one attached hydrogen (secondary N) is 1. The molecular formula is C17H20ClN3O4. The first-order chi connectivity index (χ1) is 11.6. The predicted molar refractivity (Wildman–Crippen MR) is 95.0 cm³/mol.